The van der Waals surface area contributed by atoms with Crippen molar-refractivity contribution < 1.29 is 9.53 Å². The van der Waals surface area contributed by atoms with E-state index in [0.717, 1.165) is 29.7 Å². The molecule has 23 heavy (non-hydrogen) atoms. The average Bonchev–Trinajstić information content (AvgIpc) is 2.55. The van der Waals surface area contributed by atoms with Gasteiger partial charge in [0, 0.05) is 6.21 Å². The molecule has 0 bridgehead atoms. The van der Waals surface area contributed by atoms with Crippen LogP contribution in [0.3, 0.4) is 0 Å². The topological polar surface area (TPSA) is 50.7 Å². The van der Waals surface area contributed by atoms with E-state index in [9.17, 15) is 4.79 Å². The number of hydrogen-bond acceptors (Lipinski definition) is 3. The number of hydrogen-bond donors (Lipinski definition) is 1. The van der Waals surface area contributed by atoms with E-state index >= 15 is 0 Å². The highest BCUT2D eigenvalue weighted by Gasteiger charge is 2.06. The summed E-state index contributed by atoms with van der Waals surface area (Å²) in [4.78, 5) is 11.7. The molecule has 0 saturated carbocycles. The first kappa shape index (κ1) is 16.7. The van der Waals surface area contributed by atoms with Crippen molar-refractivity contribution in [3.63, 3.8) is 0 Å². The minimum atomic E-state index is -0.261. The largest absolute Gasteiger partial charge is 0.483 e. The van der Waals surface area contributed by atoms with E-state index in [1.54, 1.807) is 6.21 Å². The van der Waals surface area contributed by atoms with Gasteiger partial charge in [0.25, 0.3) is 5.91 Å². The monoisotopic (exact) mass is 310 g/mol. The lowest BCUT2D eigenvalue weighted by molar-refractivity contribution is -0.123. The van der Waals surface area contributed by atoms with Crippen molar-refractivity contribution in [1.29, 1.82) is 0 Å². The van der Waals surface area contributed by atoms with Crippen molar-refractivity contribution >= 4 is 12.1 Å². The number of hydrazone groups is 1. The summed E-state index contributed by atoms with van der Waals surface area (Å²) >= 11 is 0. The van der Waals surface area contributed by atoms with Gasteiger partial charge in [0.15, 0.2) is 6.61 Å². The summed E-state index contributed by atoms with van der Waals surface area (Å²) in [5.74, 6) is 0.499. The summed E-state index contributed by atoms with van der Waals surface area (Å²) in [5.41, 5.74) is 5.77. The van der Waals surface area contributed by atoms with E-state index in [0.29, 0.717) is 0 Å². The van der Waals surface area contributed by atoms with Gasteiger partial charge < -0.3 is 4.74 Å². The smallest absolute Gasteiger partial charge is 0.277 e. The Morgan fingerprint density at radius 1 is 1.09 bits per heavy atom. The van der Waals surface area contributed by atoms with Gasteiger partial charge in [-0.25, -0.2) is 5.43 Å². The van der Waals surface area contributed by atoms with Gasteiger partial charge >= 0.3 is 0 Å². The molecule has 2 aromatic rings. The van der Waals surface area contributed by atoms with Crippen LogP contribution in [-0.4, -0.2) is 18.7 Å². The molecule has 120 valence electrons. The normalized spacial score (nSPS) is 10.7. The summed E-state index contributed by atoms with van der Waals surface area (Å²) < 4.78 is 5.57. The zero-order chi connectivity index (χ0) is 16.5. The van der Waals surface area contributed by atoms with Crippen molar-refractivity contribution in [3.8, 4) is 5.75 Å². The number of carbonyl (C=O) groups excluding carboxylic acids is 1. The molecule has 0 aliphatic rings. The number of nitrogens with zero attached hydrogens (tertiary/aromatic N) is 1. The number of rotatable bonds is 7. The first-order valence-corrected chi connectivity index (χ1v) is 7.70. The summed E-state index contributed by atoms with van der Waals surface area (Å²) in [6.45, 7) is 3.88. The SMILES string of the molecule is Cc1cccc(C)c1OCC(=O)NN=CCCc1ccccc1. The fourth-order valence-corrected chi connectivity index (χ4v) is 2.25. The minimum absolute atomic E-state index is 0.0400. The van der Waals surface area contributed by atoms with E-state index in [1.165, 1.54) is 5.56 Å². The molecular weight excluding hydrogens is 288 g/mol. The van der Waals surface area contributed by atoms with Gasteiger partial charge in [0.2, 0.25) is 0 Å². The number of para-hydroxylation sites is 1. The van der Waals surface area contributed by atoms with E-state index in [-0.39, 0.29) is 12.5 Å². The lowest BCUT2D eigenvalue weighted by atomic mass is 10.1. The van der Waals surface area contributed by atoms with Crippen LogP contribution in [0, 0.1) is 13.8 Å². The Hall–Kier alpha value is -2.62. The Balaban J connectivity index is 1.70. The molecule has 2 aromatic carbocycles. The quantitative estimate of drug-likeness (QED) is 0.629. The average molecular weight is 310 g/mol. The molecule has 4 nitrogen and oxygen atoms in total. The molecular formula is C19H22N2O2. The van der Waals surface area contributed by atoms with Gasteiger partial charge in [-0.2, -0.15) is 5.10 Å². The first-order valence-electron chi connectivity index (χ1n) is 7.70. The number of amides is 1. The third-order valence-corrected chi connectivity index (χ3v) is 3.44. The van der Waals surface area contributed by atoms with Crippen LogP contribution in [0.5, 0.6) is 5.75 Å². The lowest BCUT2D eigenvalue weighted by Gasteiger charge is -2.10. The molecule has 1 amide bonds. The standard InChI is InChI=1S/C19H22N2O2/c1-15-8-6-9-16(2)19(15)23-14-18(22)21-20-13-7-12-17-10-4-3-5-11-17/h3-6,8-11,13H,7,12,14H2,1-2H3,(H,21,22). The van der Waals surface area contributed by atoms with Gasteiger partial charge in [-0.15, -0.1) is 0 Å². The first-order chi connectivity index (χ1) is 11.2. The van der Waals surface area contributed by atoms with Crippen LogP contribution in [0.15, 0.2) is 53.6 Å². The molecule has 0 aromatic heterocycles. The summed E-state index contributed by atoms with van der Waals surface area (Å²) in [6.07, 6.45) is 3.39. The van der Waals surface area contributed by atoms with Crippen molar-refractivity contribution in [2.75, 3.05) is 6.61 Å². The maximum atomic E-state index is 11.7. The third-order valence-electron chi connectivity index (χ3n) is 3.44. The predicted octanol–water partition coefficient (Wildman–Crippen LogP) is 3.42. The molecule has 0 aliphatic carbocycles. The van der Waals surface area contributed by atoms with Gasteiger partial charge in [0.05, 0.1) is 0 Å². The number of nitrogens with one attached hydrogen (secondary N) is 1. The fourth-order valence-electron chi connectivity index (χ4n) is 2.25. The highest BCUT2D eigenvalue weighted by atomic mass is 16.5. The van der Waals surface area contributed by atoms with Crippen LogP contribution in [0.2, 0.25) is 0 Å². The number of ether oxygens (including phenoxy) is 1. The highest BCUT2D eigenvalue weighted by molar-refractivity contribution is 5.78. The van der Waals surface area contributed by atoms with Crippen molar-refractivity contribution in [1.82, 2.24) is 5.43 Å². The second-order valence-electron chi connectivity index (χ2n) is 5.38. The summed E-state index contributed by atoms with van der Waals surface area (Å²) in [6, 6.07) is 16.1. The van der Waals surface area contributed by atoms with E-state index in [1.807, 2.05) is 50.2 Å². The van der Waals surface area contributed by atoms with Crippen LogP contribution in [0.4, 0.5) is 0 Å². The maximum Gasteiger partial charge on any atom is 0.277 e. The third kappa shape index (κ3) is 5.58. The zero-order valence-corrected chi connectivity index (χ0v) is 13.6. The summed E-state index contributed by atoms with van der Waals surface area (Å²) in [5, 5.41) is 3.94. The second kappa shape index (κ2) is 8.73. The Morgan fingerprint density at radius 3 is 2.48 bits per heavy atom. The van der Waals surface area contributed by atoms with Gasteiger partial charge in [-0.3, -0.25) is 4.79 Å². The molecule has 0 unspecified atom stereocenters. The number of carbonyl (C=O) groups is 1. The molecule has 0 aliphatic heterocycles. The molecule has 1 N–H and O–H groups in total. The van der Waals surface area contributed by atoms with Crippen LogP contribution in [0.1, 0.15) is 23.1 Å². The molecule has 0 heterocycles. The molecule has 0 fully saturated rings. The van der Waals surface area contributed by atoms with Crippen LogP contribution in [-0.2, 0) is 11.2 Å². The van der Waals surface area contributed by atoms with Gasteiger partial charge in [-0.05, 0) is 43.4 Å². The van der Waals surface area contributed by atoms with Crippen molar-refractivity contribution in [2.45, 2.75) is 26.7 Å². The van der Waals surface area contributed by atoms with Crippen molar-refractivity contribution in [3.05, 3.63) is 65.2 Å². The van der Waals surface area contributed by atoms with E-state index in [4.69, 9.17) is 4.74 Å². The molecule has 2 rings (SSSR count). The molecule has 0 spiro atoms. The Kier molecular flexibility index (Phi) is 6.36. The van der Waals surface area contributed by atoms with Crippen LogP contribution >= 0.6 is 0 Å². The Labute approximate surface area is 137 Å². The zero-order valence-electron chi connectivity index (χ0n) is 13.6. The minimum Gasteiger partial charge on any atom is -0.483 e. The number of aryl methyl sites for hydroxylation is 3. The number of benzene rings is 2. The second-order valence-corrected chi connectivity index (χ2v) is 5.38. The van der Waals surface area contributed by atoms with Gasteiger partial charge in [0.1, 0.15) is 5.75 Å². The molecule has 0 atom stereocenters. The molecule has 0 radical (unpaired) electrons. The fraction of sp³-hybridized carbons (Fsp3) is 0.263. The Bertz CT molecular complexity index is 646. The summed E-state index contributed by atoms with van der Waals surface area (Å²) in [7, 11) is 0. The molecule has 4 heteroatoms. The highest BCUT2D eigenvalue weighted by Crippen LogP contribution is 2.21. The lowest BCUT2D eigenvalue weighted by Crippen LogP contribution is -2.24. The van der Waals surface area contributed by atoms with Gasteiger partial charge in [-0.1, -0.05) is 48.5 Å². The van der Waals surface area contributed by atoms with E-state index in [2.05, 4.69) is 22.7 Å². The van der Waals surface area contributed by atoms with Crippen molar-refractivity contribution in [2.24, 2.45) is 5.10 Å². The Morgan fingerprint density at radius 2 is 1.78 bits per heavy atom. The molecule has 0 saturated heterocycles. The van der Waals surface area contributed by atoms with Crippen LogP contribution in [0.25, 0.3) is 0 Å². The van der Waals surface area contributed by atoms with E-state index < -0.39 is 0 Å². The maximum absolute atomic E-state index is 11.7. The van der Waals surface area contributed by atoms with Crippen LogP contribution < -0.4 is 10.2 Å². The predicted molar refractivity (Wildman–Crippen MR) is 92.8 cm³/mol.